The monoisotopic (exact) mass is 282 g/mol. The topological polar surface area (TPSA) is 78.4 Å². The lowest BCUT2D eigenvalue weighted by molar-refractivity contribution is -0.786. The second-order valence-corrected chi connectivity index (χ2v) is 7.80. The molecule has 0 saturated heterocycles. The van der Waals surface area contributed by atoms with Crippen LogP contribution in [0, 0.1) is 26.9 Å². The van der Waals surface area contributed by atoms with Crippen LogP contribution in [0.4, 0.5) is 0 Å². The first kappa shape index (κ1) is 14.1. The minimum atomic E-state index is -0.553. The third-order valence-electron chi connectivity index (χ3n) is 5.97. The molecule has 4 aliphatic carbocycles. The van der Waals surface area contributed by atoms with Crippen LogP contribution in [0.5, 0.6) is 0 Å². The molecule has 0 aromatic carbocycles. The summed E-state index contributed by atoms with van der Waals surface area (Å²) < 4.78 is 0. The van der Waals surface area contributed by atoms with Crippen molar-refractivity contribution in [3.05, 3.63) is 10.1 Å². The zero-order chi connectivity index (χ0) is 14.4. The fraction of sp³-hybridized carbons (Fsp3) is 1.00. The van der Waals surface area contributed by atoms with Crippen molar-refractivity contribution in [2.45, 2.75) is 70.3 Å². The Labute approximate surface area is 120 Å². The van der Waals surface area contributed by atoms with Gasteiger partial charge in [-0.25, -0.2) is 0 Å². The third kappa shape index (κ3) is 2.20. The molecule has 4 fully saturated rings. The van der Waals surface area contributed by atoms with Gasteiger partial charge in [-0.05, 0) is 74.7 Å². The SMILES string of the molecule is CCCC12CC3CC(CCN)(C1)CC(O[N+](=O)[O-])(C3)C2. The zero-order valence-corrected chi connectivity index (χ0v) is 12.4. The van der Waals surface area contributed by atoms with Crippen LogP contribution in [-0.4, -0.2) is 17.2 Å². The molecule has 0 radical (unpaired) electrons. The highest BCUT2D eigenvalue weighted by molar-refractivity contribution is 5.13. The first-order valence-corrected chi connectivity index (χ1v) is 7.98. The van der Waals surface area contributed by atoms with Gasteiger partial charge in [-0.1, -0.05) is 13.3 Å². The van der Waals surface area contributed by atoms with Crippen LogP contribution in [-0.2, 0) is 4.84 Å². The van der Waals surface area contributed by atoms with Crippen LogP contribution in [0.15, 0.2) is 0 Å². The Morgan fingerprint density at radius 2 is 1.85 bits per heavy atom. The quantitative estimate of drug-likeness (QED) is 0.600. The lowest BCUT2D eigenvalue weighted by Crippen LogP contribution is -2.61. The van der Waals surface area contributed by atoms with Gasteiger partial charge in [0.15, 0.2) is 0 Å². The minimum absolute atomic E-state index is 0.208. The molecule has 0 aliphatic heterocycles. The van der Waals surface area contributed by atoms with Crippen molar-refractivity contribution in [3.8, 4) is 0 Å². The molecule has 4 atom stereocenters. The van der Waals surface area contributed by atoms with E-state index in [0.717, 1.165) is 32.1 Å². The minimum Gasteiger partial charge on any atom is -0.330 e. The molecule has 5 nitrogen and oxygen atoms in total. The Morgan fingerprint density at radius 1 is 1.20 bits per heavy atom. The van der Waals surface area contributed by atoms with Gasteiger partial charge in [-0.3, -0.25) is 0 Å². The van der Waals surface area contributed by atoms with E-state index in [0.29, 0.717) is 12.5 Å². The van der Waals surface area contributed by atoms with Crippen LogP contribution in [0.1, 0.15) is 64.7 Å². The molecule has 114 valence electrons. The van der Waals surface area contributed by atoms with Gasteiger partial charge >= 0.3 is 0 Å². The predicted octanol–water partition coefficient (Wildman–Crippen LogP) is 3.05. The number of rotatable bonds is 6. The van der Waals surface area contributed by atoms with Gasteiger partial charge in [0.2, 0.25) is 0 Å². The molecule has 4 saturated carbocycles. The van der Waals surface area contributed by atoms with Crippen molar-refractivity contribution >= 4 is 0 Å². The molecular formula is C15H26N2O3. The highest BCUT2D eigenvalue weighted by Gasteiger charge is 2.64. The van der Waals surface area contributed by atoms with Gasteiger partial charge in [0, 0.05) is 0 Å². The third-order valence-corrected chi connectivity index (χ3v) is 5.97. The molecule has 5 heteroatoms. The van der Waals surface area contributed by atoms with E-state index in [1.807, 2.05) is 0 Å². The van der Waals surface area contributed by atoms with Crippen molar-refractivity contribution in [2.24, 2.45) is 22.5 Å². The Morgan fingerprint density at radius 3 is 2.40 bits per heavy atom. The zero-order valence-electron chi connectivity index (χ0n) is 12.4. The van der Waals surface area contributed by atoms with Crippen LogP contribution < -0.4 is 5.73 Å². The number of hydrogen-bond donors (Lipinski definition) is 1. The number of nitrogens with zero attached hydrogens (tertiary/aromatic N) is 1. The Hall–Kier alpha value is -0.840. The highest BCUT2D eigenvalue weighted by Crippen LogP contribution is 2.69. The summed E-state index contributed by atoms with van der Waals surface area (Å²) in [5.74, 6) is 0.601. The van der Waals surface area contributed by atoms with E-state index in [4.69, 9.17) is 10.6 Å². The van der Waals surface area contributed by atoms with E-state index in [-0.39, 0.29) is 10.8 Å². The molecule has 0 heterocycles. The second kappa shape index (κ2) is 4.58. The summed E-state index contributed by atoms with van der Waals surface area (Å²) in [6.45, 7) is 2.90. The Balaban J connectivity index is 1.93. The van der Waals surface area contributed by atoms with Crippen LogP contribution in [0.3, 0.4) is 0 Å². The van der Waals surface area contributed by atoms with Gasteiger partial charge in [-0.15, -0.1) is 10.1 Å². The summed E-state index contributed by atoms with van der Waals surface area (Å²) in [5.41, 5.74) is 5.81. The van der Waals surface area contributed by atoms with Crippen LogP contribution in [0.25, 0.3) is 0 Å². The Bertz CT molecular complexity index is 390. The number of nitrogens with two attached hydrogens (primary N) is 1. The lowest BCUT2D eigenvalue weighted by atomic mass is 9.41. The first-order chi connectivity index (χ1) is 9.44. The van der Waals surface area contributed by atoms with E-state index < -0.39 is 10.7 Å². The summed E-state index contributed by atoms with van der Waals surface area (Å²) in [5, 5.41) is 10.4. The van der Waals surface area contributed by atoms with E-state index >= 15 is 0 Å². The highest BCUT2D eigenvalue weighted by atomic mass is 17.0. The summed E-state index contributed by atoms with van der Waals surface area (Å²) in [6.07, 6.45) is 9.61. The maximum atomic E-state index is 11.0. The summed E-state index contributed by atoms with van der Waals surface area (Å²) >= 11 is 0. The van der Waals surface area contributed by atoms with E-state index in [2.05, 4.69) is 6.92 Å². The Kier molecular flexibility index (Phi) is 3.23. The largest absolute Gasteiger partial charge is 0.330 e. The molecule has 0 aromatic heterocycles. The molecule has 0 spiro atoms. The van der Waals surface area contributed by atoms with Crippen LogP contribution in [0.2, 0.25) is 0 Å². The predicted molar refractivity (Wildman–Crippen MR) is 75.4 cm³/mol. The fourth-order valence-corrected chi connectivity index (χ4v) is 6.40. The molecule has 4 aliphatic rings. The summed E-state index contributed by atoms with van der Waals surface area (Å²) in [4.78, 5) is 16.2. The molecule has 20 heavy (non-hydrogen) atoms. The smallest absolute Gasteiger partial charge is 0.295 e. The summed E-state index contributed by atoms with van der Waals surface area (Å²) in [6, 6.07) is 0. The van der Waals surface area contributed by atoms with E-state index in [1.54, 1.807) is 0 Å². The first-order valence-electron chi connectivity index (χ1n) is 7.98. The normalized spacial score (nSPS) is 45.6. The maximum Gasteiger partial charge on any atom is 0.295 e. The molecular weight excluding hydrogens is 256 g/mol. The molecule has 2 N–H and O–H groups in total. The van der Waals surface area contributed by atoms with Gasteiger partial charge < -0.3 is 10.6 Å². The molecule has 4 rings (SSSR count). The molecule has 0 amide bonds. The van der Waals surface area contributed by atoms with E-state index in [9.17, 15) is 10.1 Å². The van der Waals surface area contributed by atoms with Gasteiger partial charge in [0.1, 0.15) is 5.60 Å². The maximum absolute atomic E-state index is 11.0. The van der Waals surface area contributed by atoms with Crippen molar-refractivity contribution in [1.29, 1.82) is 0 Å². The fourth-order valence-electron chi connectivity index (χ4n) is 6.40. The molecule has 0 aromatic rings. The van der Waals surface area contributed by atoms with Crippen molar-refractivity contribution in [2.75, 3.05) is 6.54 Å². The number of hydrogen-bond acceptors (Lipinski definition) is 4. The average molecular weight is 282 g/mol. The molecule has 4 bridgehead atoms. The van der Waals surface area contributed by atoms with Crippen molar-refractivity contribution < 1.29 is 9.92 Å². The molecule has 4 unspecified atom stereocenters. The standard InChI is InChI=1S/C15H26N2O3/c1-2-3-13-6-12-7-14(9-13,4-5-16)11-15(8-12,10-13)20-17(18)19/h12H,2-11,16H2,1H3. The second-order valence-electron chi connectivity index (χ2n) is 7.80. The van der Waals surface area contributed by atoms with Gasteiger partial charge in [-0.2, -0.15) is 0 Å². The van der Waals surface area contributed by atoms with Gasteiger partial charge in [0.25, 0.3) is 5.09 Å². The van der Waals surface area contributed by atoms with Crippen LogP contribution >= 0.6 is 0 Å². The average Bonchev–Trinajstić information content (AvgIpc) is 2.23. The van der Waals surface area contributed by atoms with Crippen molar-refractivity contribution in [3.63, 3.8) is 0 Å². The summed E-state index contributed by atoms with van der Waals surface area (Å²) in [7, 11) is 0. The van der Waals surface area contributed by atoms with Gasteiger partial charge in [0.05, 0.1) is 0 Å². The van der Waals surface area contributed by atoms with E-state index in [1.165, 1.54) is 25.7 Å². The van der Waals surface area contributed by atoms with Crippen molar-refractivity contribution in [1.82, 2.24) is 0 Å². The lowest BCUT2D eigenvalue weighted by Gasteiger charge is -2.66.